The summed E-state index contributed by atoms with van der Waals surface area (Å²) in [5, 5.41) is 17.2. The van der Waals surface area contributed by atoms with Gasteiger partial charge in [0.05, 0.1) is 18.0 Å². The minimum absolute atomic E-state index is 0.129. The molecule has 0 heterocycles. The monoisotopic (exact) mass is 244 g/mol. The van der Waals surface area contributed by atoms with Crippen molar-refractivity contribution in [1.29, 1.82) is 5.26 Å². The molecule has 7 heteroatoms. The van der Waals surface area contributed by atoms with Crippen LogP contribution >= 0.6 is 0 Å². The Kier molecular flexibility index (Phi) is 3.82. The van der Waals surface area contributed by atoms with Crippen LogP contribution in [-0.2, 0) is 10.0 Å². The maximum atomic E-state index is 13.1. The number of nitrogens with one attached hydrogen (secondary N) is 1. The molecule has 0 aromatic heterocycles. The summed E-state index contributed by atoms with van der Waals surface area (Å²) in [7, 11) is -3.75. The number of rotatable bonds is 4. The highest BCUT2D eigenvalue weighted by Crippen LogP contribution is 2.18. The fourth-order valence-corrected chi connectivity index (χ4v) is 1.91. The van der Waals surface area contributed by atoms with Gasteiger partial charge in [0.2, 0.25) is 10.0 Å². The Morgan fingerprint density at radius 1 is 1.50 bits per heavy atom. The van der Waals surface area contributed by atoms with Crippen molar-refractivity contribution in [1.82, 2.24) is 0 Å². The summed E-state index contributed by atoms with van der Waals surface area (Å²) in [5.74, 6) is -1.30. The van der Waals surface area contributed by atoms with Gasteiger partial charge in [0.1, 0.15) is 17.4 Å². The van der Waals surface area contributed by atoms with Gasteiger partial charge in [0.15, 0.2) is 0 Å². The lowest BCUT2D eigenvalue weighted by Crippen LogP contribution is -2.19. The van der Waals surface area contributed by atoms with E-state index in [2.05, 4.69) is 0 Å². The number of aliphatic hydroxyl groups excluding tert-OH is 1. The number of hydrogen-bond donors (Lipinski definition) is 2. The predicted octanol–water partition coefficient (Wildman–Crippen LogP) is 0.431. The molecule has 0 spiro atoms. The van der Waals surface area contributed by atoms with Crippen LogP contribution in [0.5, 0.6) is 0 Å². The van der Waals surface area contributed by atoms with Gasteiger partial charge in [0.25, 0.3) is 0 Å². The number of sulfonamides is 1. The molecule has 0 radical (unpaired) electrons. The zero-order chi connectivity index (χ0) is 12.2. The molecule has 1 aromatic carbocycles. The smallest absolute Gasteiger partial charge is 0.235 e. The second kappa shape index (κ2) is 4.92. The van der Waals surface area contributed by atoms with Crippen LogP contribution in [0.15, 0.2) is 18.2 Å². The van der Waals surface area contributed by atoms with Crippen LogP contribution in [0.25, 0.3) is 0 Å². The normalized spacial score (nSPS) is 10.8. The third-order valence-electron chi connectivity index (χ3n) is 1.75. The van der Waals surface area contributed by atoms with Gasteiger partial charge >= 0.3 is 0 Å². The van der Waals surface area contributed by atoms with Gasteiger partial charge in [-0.25, -0.2) is 12.8 Å². The number of hydrogen-bond acceptors (Lipinski definition) is 4. The van der Waals surface area contributed by atoms with Gasteiger partial charge < -0.3 is 5.11 Å². The molecule has 16 heavy (non-hydrogen) atoms. The summed E-state index contributed by atoms with van der Waals surface area (Å²) in [6.07, 6.45) is 0. The van der Waals surface area contributed by atoms with Crippen LogP contribution in [0.2, 0.25) is 0 Å². The number of anilines is 1. The van der Waals surface area contributed by atoms with Crippen molar-refractivity contribution in [2.75, 3.05) is 17.1 Å². The van der Waals surface area contributed by atoms with E-state index >= 15 is 0 Å². The zero-order valence-electron chi connectivity index (χ0n) is 8.14. The van der Waals surface area contributed by atoms with Crippen molar-refractivity contribution in [2.24, 2.45) is 0 Å². The van der Waals surface area contributed by atoms with E-state index in [9.17, 15) is 12.8 Å². The van der Waals surface area contributed by atoms with Gasteiger partial charge in [-0.1, -0.05) is 6.07 Å². The lowest BCUT2D eigenvalue weighted by Gasteiger charge is -2.08. The first kappa shape index (κ1) is 12.4. The van der Waals surface area contributed by atoms with E-state index < -0.39 is 28.2 Å². The van der Waals surface area contributed by atoms with Gasteiger partial charge in [-0.3, -0.25) is 4.72 Å². The summed E-state index contributed by atoms with van der Waals surface area (Å²) in [6.45, 7) is -0.549. The minimum Gasteiger partial charge on any atom is -0.395 e. The van der Waals surface area contributed by atoms with Crippen LogP contribution in [-0.4, -0.2) is 25.9 Å². The van der Waals surface area contributed by atoms with Crippen molar-refractivity contribution >= 4 is 15.7 Å². The molecule has 1 aromatic rings. The first-order valence-corrected chi connectivity index (χ1v) is 5.95. The van der Waals surface area contributed by atoms with E-state index in [1.54, 1.807) is 6.07 Å². The molecule has 0 aliphatic carbocycles. The SMILES string of the molecule is N#Cc1c(F)cccc1NS(=O)(=O)CCO. The van der Waals surface area contributed by atoms with Gasteiger partial charge in [-0.05, 0) is 12.1 Å². The molecule has 0 saturated heterocycles. The Morgan fingerprint density at radius 3 is 2.75 bits per heavy atom. The minimum atomic E-state index is -3.75. The highest BCUT2D eigenvalue weighted by atomic mass is 32.2. The first-order chi connectivity index (χ1) is 7.50. The number of halogens is 1. The largest absolute Gasteiger partial charge is 0.395 e. The van der Waals surface area contributed by atoms with E-state index in [1.165, 1.54) is 12.1 Å². The Bertz CT molecular complexity index is 522. The molecule has 0 aliphatic rings. The van der Waals surface area contributed by atoms with Crippen LogP contribution in [0, 0.1) is 17.1 Å². The van der Waals surface area contributed by atoms with E-state index in [0.717, 1.165) is 6.07 Å². The molecule has 0 saturated carbocycles. The van der Waals surface area contributed by atoms with Crippen molar-refractivity contribution < 1.29 is 17.9 Å². The molecular weight excluding hydrogens is 235 g/mol. The third-order valence-corrected chi connectivity index (χ3v) is 3.00. The summed E-state index contributed by atoms with van der Waals surface area (Å²) in [6, 6.07) is 5.18. The average molecular weight is 244 g/mol. The summed E-state index contributed by atoms with van der Waals surface area (Å²) < 4.78 is 37.7. The van der Waals surface area contributed by atoms with E-state index in [-0.39, 0.29) is 11.3 Å². The highest BCUT2D eigenvalue weighted by Gasteiger charge is 2.14. The fourth-order valence-electron chi connectivity index (χ4n) is 1.06. The molecule has 0 amide bonds. The summed E-state index contributed by atoms with van der Waals surface area (Å²) in [4.78, 5) is 0. The van der Waals surface area contributed by atoms with Gasteiger partial charge in [-0.2, -0.15) is 5.26 Å². The summed E-state index contributed by atoms with van der Waals surface area (Å²) in [5.41, 5.74) is -0.500. The Balaban J connectivity index is 3.08. The van der Waals surface area contributed by atoms with Crippen LogP contribution in [0.3, 0.4) is 0 Å². The lowest BCUT2D eigenvalue weighted by molar-refractivity contribution is 0.320. The average Bonchev–Trinajstić information content (AvgIpc) is 2.17. The lowest BCUT2D eigenvalue weighted by atomic mass is 10.2. The van der Waals surface area contributed by atoms with Crippen molar-refractivity contribution in [3.8, 4) is 6.07 Å². The quantitative estimate of drug-likeness (QED) is 0.803. The number of aliphatic hydroxyl groups is 1. The van der Waals surface area contributed by atoms with Crippen LogP contribution in [0.1, 0.15) is 5.56 Å². The van der Waals surface area contributed by atoms with E-state index in [4.69, 9.17) is 10.4 Å². The van der Waals surface area contributed by atoms with Crippen molar-refractivity contribution in [2.45, 2.75) is 0 Å². The molecule has 0 aliphatic heterocycles. The van der Waals surface area contributed by atoms with Crippen LogP contribution < -0.4 is 4.72 Å². The second-order valence-electron chi connectivity index (χ2n) is 2.92. The number of nitrogens with zero attached hydrogens (tertiary/aromatic N) is 1. The van der Waals surface area contributed by atoms with Crippen LogP contribution in [0.4, 0.5) is 10.1 Å². The van der Waals surface area contributed by atoms with Crippen molar-refractivity contribution in [3.05, 3.63) is 29.6 Å². The van der Waals surface area contributed by atoms with E-state index in [0.29, 0.717) is 0 Å². The fraction of sp³-hybridized carbons (Fsp3) is 0.222. The molecule has 5 nitrogen and oxygen atoms in total. The number of benzene rings is 1. The first-order valence-electron chi connectivity index (χ1n) is 4.30. The molecule has 0 unspecified atom stereocenters. The molecule has 2 N–H and O–H groups in total. The van der Waals surface area contributed by atoms with E-state index in [1.807, 2.05) is 4.72 Å². The summed E-state index contributed by atoms with van der Waals surface area (Å²) >= 11 is 0. The molecule has 0 bridgehead atoms. The molecule has 86 valence electrons. The second-order valence-corrected chi connectivity index (χ2v) is 4.76. The van der Waals surface area contributed by atoms with Gasteiger partial charge in [0, 0.05) is 0 Å². The Labute approximate surface area is 92.2 Å². The predicted molar refractivity (Wildman–Crippen MR) is 55.6 cm³/mol. The molecule has 0 fully saturated rings. The molecule has 0 atom stereocenters. The number of nitriles is 1. The zero-order valence-corrected chi connectivity index (χ0v) is 8.96. The maximum absolute atomic E-state index is 13.1. The Morgan fingerprint density at radius 2 is 2.19 bits per heavy atom. The molecular formula is C9H9FN2O3S. The maximum Gasteiger partial charge on any atom is 0.235 e. The standard InChI is InChI=1S/C9H9FN2O3S/c10-8-2-1-3-9(7(8)6-11)12-16(14,15)5-4-13/h1-3,12-13H,4-5H2. The molecule has 1 rings (SSSR count). The van der Waals surface area contributed by atoms with Gasteiger partial charge in [-0.15, -0.1) is 0 Å². The van der Waals surface area contributed by atoms with Crippen molar-refractivity contribution in [3.63, 3.8) is 0 Å². The highest BCUT2D eigenvalue weighted by molar-refractivity contribution is 7.92. The Hall–Kier alpha value is -1.65. The third kappa shape index (κ3) is 2.92. The topological polar surface area (TPSA) is 90.2 Å².